The zero-order chi connectivity index (χ0) is 16.6. The second-order valence-corrected chi connectivity index (χ2v) is 6.84. The summed E-state index contributed by atoms with van der Waals surface area (Å²) in [6.07, 6.45) is 10.5. The van der Waals surface area contributed by atoms with Crippen LogP contribution in [-0.4, -0.2) is 21.6 Å². The number of rotatable bonds is 3. The van der Waals surface area contributed by atoms with Gasteiger partial charge in [-0.25, -0.2) is 0 Å². The maximum Gasteiger partial charge on any atom is 0.182 e. The average Bonchev–Trinajstić information content (AvgIpc) is 2.91. The molecule has 0 bridgehead atoms. The van der Waals surface area contributed by atoms with Gasteiger partial charge in [0, 0.05) is 29.9 Å². The van der Waals surface area contributed by atoms with Crippen LogP contribution in [-0.2, 0) is 11.8 Å². The van der Waals surface area contributed by atoms with E-state index < -0.39 is 6.10 Å². The molecule has 0 amide bonds. The lowest BCUT2D eigenvalue weighted by Gasteiger charge is -2.50. The first-order valence-corrected chi connectivity index (χ1v) is 8.38. The Morgan fingerprint density at radius 3 is 2.96 bits per heavy atom. The largest absolute Gasteiger partial charge is 0.392 e. The van der Waals surface area contributed by atoms with Crippen molar-refractivity contribution in [2.24, 2.45) is 18.4 Å². The number of carbonyl (C=O) groups excluding carboxylic acids is 1. The molecular weight excluding hydrogens is 286 g/mol. The minimum atomic E-state index is -0.416. The number of aliphatic hydroxyl groups excluding tert-OH is 1. The highest BCUT2D eigenvalue weighted by Crippen LogP contribution is 2.54. The molecule has 1 aromatic rings. The number of ketones is 1. The Bertz CT molecular complexity index is 694. The maximum absolute atomic E-state index is 12.7. The zero-order valence-corrected chi connectivity index (χ0v) is 14.0. The van der Waals surface area contributed by atoms with Gasteiger partial charge in [-0.15, -0.1) is 6.58 Å². The number of allylic oxidation sites excluding steroid dienone is 3. The number of fused-ring (bicyclic) bond motifs is 1. The lowest BCUT2D eigenvalue weighted by Crippen LogP contribution is -2.48. The molecule has 3 nitrogen and oxygen atoms in total. The van der Waals surface area contributed by atoms with E-state index in [2.05, 4.69) is 13.5 Å². The van der Waals surface area contributed by atoms with Crippen LogP contribution in [0.5, 0.6) is 0 Å². The topological polar surface area (TPSA) is 42.2 Å². The van der Waals surface area contributed by atoms with Gasteiger partial charge in [0.15, 0.2) is 5.78 Å². The van der Waals surface area contributed by atoms with Crippen LogP contribution in [0, 0.1) is 11.3 Å². The Morgan fingerprint density at radius 2 is 2.30 bits per heavy atom. The van der Waals surface area contributed by atoms with E-state index >= 15 is 0 Å². The number of hydrogen-bond donors (Lipinski definition) is 1. The van der Waals surface area contributed by atoms with E-state index in [0.29, 0.717) is 6.42 Å². The molecule has 122 valence electrons. The van der Waals surface area contributed by atoms with Crippen molar-refractivity contribution in [2.45, 2.75) is 38.7 Å². The maximum atomic E-state index is 12.7. The first kappa shape index (κ1) is 16.0. The van der Waals surface area contributed by atoms with Gasteiger partial charge in [-0.05, 0) is 55.9 Å². The van der Waals surface area contributed by atoms with E-state index in [1.54, 1.807) is 6.08 Å². The average molecular weight is 311 g/mol. The number of aryl methyl sites for hydroxylation is 1. The van der Waals surface area contributed by atoms with Crippen LogP contribution in [0.1, 0.15) is 38.3 Å². The standard InChI is InChI=1S/C20H25NO2/c1-4-10-20-14(2)17(13-16-8-6-11-21(16)3)18(22)12-15(20)7-5-9-19(20)23/h4,6,8,11-14,19,23H,1,5,7,9-10H2,2-3H3/b17-13+/t14-,19-,20-/m0/s1. The normalized spacial score (nSPS) is 32.6. The van der Waals surface area contributed by atoms with Crippen molar-refractivity contribution >= 4 is 11.9 Å². The highest BCUT2D eigenvalue weighted by atomic mass is 16.3. The number of carbonyl (C=O) groups is 1. The third-order valence-corrected chi connectivity index (χ3v) is 5.71. The van der Waals surface area contributed by atoms with Crippen LogP contribution in [0.2, 0.25) is 0 Å². The Morgan fingerprint density at radius 1 is 1.52 bits per heavy atom. The van der Waals surface area contributed by atoms with Gasteiger partial charge in [0.2, 0.25) is 0 Å². The van der Waals surface area contributed by atoms with E-state index in [9.17, 15) is 9.90 Å². The molecule has 0 aromatic carbocycles. The molecule has 1 fully saturated rings. The molecule has 0 saturated heterocycles. The second kappa shape index (κ2) is 5.97. The Hall–Kier alpha value is -1.87. The summed E-state index contributed by atoms with van der Waals surface area (Å²) in [6.45, 7) is 5.98. The summed E-state index contributed by atoms with van der Waals surface area (Å²) in [5.74, 6) is 0.0701. The summed E-state index contributed by atoms with van der Waals surface area (Å²) in [6, 6.07) is 3.98. The zero-order valence-electron chi connectivity index (χ0n) is 14.0. The molecule has 1 N–H and O–H groups in total. The van der Waals surface area contributed by atoms with Crippen molar-refractivity contribution in [2.75, 3.05) is 0 Å². The predicted molar refractivity (Wildman–Crippen MR) is 92.7 cm³/mol. The molecule has 0 radical (unpaired) electrons. The van der Waals surface area contributed by atoms with Gasteiger partial charge in [-0.2, -0.15) is 0 Å². The van der Waals surface area contributed by atoms with Gasteiger partial charge in [0.25, 0.3) is 0 Å². The van der Waals surface area contributed by atoms with Crippen LogP contribution in [0.4, 0.5) is 0 Å². The number of aliphatic hydroxyl groups is 1. The lowest BCUT2D eigenvalue weighted by molar-refractivity contribution is -0.113. The van der Waals surface area contributed by atoms with E-state index in [1.807, 2.05) is 42.1 Å². The Balaban J connectivity index is 2.13. The molecule has 0 spiro atoms. The summed E-state index contributed by atoms with van der Waals surface area (Å²) < 4.78 is 2.00. The van der Waals surface area contributed by atoms with Crippen molar-refractivity contribution in [3.63, 3.8) is 0 Å². The third kappa shape index (κ3) is 2.43. The summed E-state index contributed by atoms with van der Waals surface area (Å²) in [5, 5.41) is 10.8. The van der Waals surface area contributed by atoms with Gasteiger partial charge in [-0.3, -0.25) is 4.79 Å². The Kier molecular flexibility index (Phi) is 4.15. The predicted octanol–water partition coefficient (Wildman–Crippen LogP) is 3.66. The van der Waals surface area contributed by atoms with Gasteiger partial charge in [0.05, 0.1) is 6.10 Å². The van der Waals surface area contributed by atoms with Crippen LogP contribution in [0.25, 0.3) is 6.08 Å². The first-order valence-electron chi connectivity index (χ1n) is 8.38. The summed E-state index contributed by atoms with van der Waals surface area (Å²) in [5.41, 5.74) is 2.54. The minimum absolute atomic E-state index is 0.0156. The summed E-state index contributed by atoms with van der Waals surface area (Å²) in [4.78, 5) is 12.7. The molecule has 1 saturated carbocycles. The summed E-state index contributed by atoms with van der Waals surface area (Å²) in [7, 11) is 1.97. The molecule has 3 atom stereocenters. The van der Waals surface area contributed by atoms with Crippen molar-refractivity contribution < 1.29 is 9.90 Å². The molecule has 2 aliphatic carbocycles. The number of nitrogens with zero attached hydrogens (tertiary/aromatic N) is 1. The SMILES string of the molecule is C=CC[C@@]12C(=CC(=O)/C(=C/c3cccn3C)[C@@H]1C)CCC[C@@H]2O. The van der Waals surface area contributed by atoms with E-state index in [4.69, 9.17) is 0 Å². The molecule has 23 heavy (non-hydrogen) atoms. The minimum Gasteiger partial charge on any atom is -0.392 e. The fourth-order valence-electron chi connectivity index (χ4n) is 4.36. The smallest absolute Gasteiger partial charge is 0.182 e. The van der Waals surface area contributed by atoms with Crippen LogP contribution in [0.15, 0.2) is 48.2 Å². The van der Waals surface area contributed by atoms with Crippen molar-refractivity contribution in [3.8, 4) is 0 Å². The van der Waals surface area contributed by atoms with E-state index in [1.165, 1.54) is 0 Å². The van der Waals surface area contributed by atoms with E-state index in [0.717, 1.165) is 36.1 Å². The fraction of sp³-hybridized carbons (Fsp3) is 0.450. The Labute approximate surface area is 138 Å². The molecule has 2 aliphatic rings. The molecule has 0 unspecified atom stereocenters. The monoisotopic (exact) mass is 311 g/mol. The van der Waals surface area contributed by atoms with Crippen LogP contribution in [0.3, 0.4) is 0 Å². The highest BCUT2D eigenvalue weighted by molar-refractivity contribution is 6.09. The quantitative estimate of drug-likeness (QED) is 0.684. The van der Waals surface area contributed by atoms with Crippen molar-refractivity contribution in [1.29, 1.82) is 0 Å². The van der Waals surface area contributed by atoms with Gasteiger partial charge in [-0.1, -0.05) is 18.6 Å². The highest BCUT2D eigenvalue weighted by Gasteiger charge is 2.51. The van der Waals surface area contributed by atoms with Gasteiger partial charge in [0.1, 0.15) is 0 Å². The second-order valence-electron chi connectivity index (χ2n) is 6.84. The summed E-state index contributed by atoms with van der Waals surface area (Å²) >= 11 is 0. The first-order chi connectivity index (χ1) is 11.0. The van der Waals surface area contributed by atoms with Crippen molar-refractivity contribution in [1.82, 2.24) is 4.57 Å². The molecule has 3 rings (SSSR count). The number of aromatic nitrogens is 1. The van der Waals surface area contributed by atoms with Gasteiger partial charge >= 0.3 is 0 Å². The molecule has 0 aliphatic heterocycles. The van der Waals surface area contributed by atoms with Gasteiger partial charge < -0.3 is 9.67 Å². The van der Waals surface area contributed by atoms with Crippen LogP contribution >= 0.6 is 0 Å². The lowest BCUT2D eigenvalue weighted by atomic mass is 9.55. The van der Waals surface area contributed by atoms with Crippen LogP contribution < -0.4 is 0 Å². The molecular formula is C20H25NO2. The van der Waals surface area contributed by atoms with E-state index in [-0.39, 0.29) is 17.1 Å². The number of hydrogen-bond acceptors (Lipinski definition) is 2. The molecule has 1 aromatic heterocycles. The third-order valence-electron chi connectivity index (χ3n) is 5.71. The fourth-order valence-corrected chi connectivity index (χ4v) is 4.36. The van der Waals surface area contributed by atoms with Crippen molar-refractivity contribution in [3.05, 3.63) is 53.9 Å². The molecule has 3 heteroatoms. The molecule has 1 heterocycles.